The highest BCUT2D eigenvalue weighted by Gasteiger charge is 1.98. The van der Waals surface area contributed by atoms with Crippen molar-refractivity contribution in [2.45, 2.75) is 0 Å². The zero-order valence-electron chi connectivity index (χ0n) is 7.46. The number of rotatable bonds is 3. The number of hydrogen-bond acceptors (Lipinski definition) is 2. The van der Waals surface area contributed by atoms with Crippen molar-refractivity contribution < 1.29 is 4.74 Å². The highest BCUT2D eigenvalue weighted by atomic mass is 35.5. The van der Waals surface area contributed by atoms with E-state index in [1.165, 1.54) is 0 Å². The summed E-state index contributed by atoms with van der Waals surface area (Å²) >= 11 is 5.53. The first kappa shape index (κ1) is 9.93. The van der Waals surface area contributed by atoms with Gasteiger partial charge in [-0.15, -0.1) is 11.6 Å². The minimum atomic E-state index is 0.494. The van der Waals surface area contributed by atoms with Gasteiger partial charge in [0.25, 0.3) is 0 Å². The minimum Gasteiger partial charge on any atom is -0.496 e. The van der Waals surface area contributed by atoms with Crippen molar-refractivity contribution in [2.24, 2.45) is 0 Å². The van der Waals surface area contributed by atoms with Gasteiger partial charge in [-0.2, -0.15) is 0 Å². The van der Waals surface area contributed by atoms with E-state index in [9.17, 15) is 0 Å². The zero-order valence-corrected chi connectivity index (χ0v) is 8.21. The number of nitrogens with two attached hydrogens (primary N) is 1. The lowest BCUT2D eigenvalue weighted by Gasteiger charge is -2.04. The SMILES string of the molecule is COc1cc(N)ccc1C=CCCl. The van der Waals surface area contributed by atoms with Gasteiger partial charge in [-0.3, -0.25) is 0 Å². The van der Waals surface area contributed by atoms with E-state index in [1.54, 1.807) is 13.2 Å². The molecule has 2 N–H and O–H groups in total. The van der Waals surface area contributed by atoms with Gasteiger partial charge in [0.2, 0.25) is 0 Å². The smallest absolute Gasteiger partial charge is 0.128 e. The summed E-state index contributed by atoms with van der Waals surface area (Å²) in [6.07, 6.45) is 3.76. The van der Waals surface area contributed by atoms with Crippen molar-refractivity contribution >= 4 is 23.4 Å². The van der Waals surface area contributed by atoms with E-state index in [0.29, 0.717) is 11.6 Å². The molecule has 0 radical (unpaired) electrons. The number of benzene rings is 1. The molecule has 0 aromatic heterocycles. The van der Waals surface area contributed by atoms with E-state index in [2.05, 4.69) is 0 Å². The second-order valence-corrected chi connectivity index (χ2v) is 2.87. The molecule has 0 unspecified atom stereocenters. The van der Waals surface area contributed by atoms with E-state index in [1.807, 2.05) is 24.3 Å². The third-order valence-corrected chi connectivity index (χ3v) is 1.82. The van der Waals surface area contributed by atoms with Crippen LogP contribution in [0.5, 0.6) is 5.75 Å². The van der Waals surface area contributed by atoms with Gasteiger partial charge in [0.1, 0.15) is 5.75 Å². The molecule has 1 aromatic rings. The van der Waals surface area contributed by atoms with Gasteiger partial charge in [-0.05, 0) is 12.1 Å². The van der Waals surface area contributed by atoms with Crippen molar-refractivity contribution in [1.29, 1.82) is 0 Å². The monoisotopic (exact) mass is 197 g/mol. The van der Waals surface area contributed by atoms with Gasteiger partial charge in [0.15, 0.2) is 0 Å². The number of methoxy groups -OCH3 is 1. The van der Waals surface area contributed by atoms with E-state index in [4.69, 9.17) is 22.1 Å². The van der Waals surface area contributed by atoms with Crippen LogP contribution in [-0.4, -0.2) is 13.0 Å². The summed E-state index contributed by atoms with van der Waals surface area (Å²) in [7, 11) is 1.62. The Hall–Kier alpha value is -1.15. The van der Waals surface area contributed by atoms with Gasteiger partial charge < -0.3 is 10.5 Å². The molecule has 0 aliphatic carbocycles. The first-order chi connectivity index (χ1) is 6.27. The third kappa shape index (κ3) is 2.67. The fourth-order valence-electron chi connectivity index (χ4n) is 1.04. The number of hydrogen-bond donors (Lipinski definition) is 1. The predicted molar refractivity (Wildman–Crippen MR) is 57.2 cm³/mol. The Kier molecular flexibility index (Phi) is 3.65. The molecule has 0 saturated heterocycles. The number of halogens is 1. The van der Waals surface area contributed by atoms with Crippen LogP contribution in [-0.2, 0) is 0 Å². The molecule has 0 spiro atoms. The number of alkyl halides is 1. The van der Waals surface area contributed by atoms with Gasteiger partial charge in [-0.25, -0.2) is 0 Å². The Morgan fingerprint density at radius 2 is 2.31 bits per heavy atom. The molecule has 0 aliphatic heterocycles. The lowest BCUT2D eigenvalue weighted by atomic mass is 10.1. The van der Waals surface area contributed by atoms with Crippen LogP contribution in [0.25, 0.3) is 6.08 Å². The van der Waals surface area contributed by atoms with Crippen molar-refractivity contribution in [3.05, 3.63) is 29.8 Å². The van der Waals surface area contributed by atoms with E-state index in [0.717, 1.165) is 11.3 Å². The summed E-state index contributed by atoms with van der Waals surface area (Å²) in [6, 6.07) is 5.52. The highest BCUT2D eigenvalue weighted by molar-refractivity contribution is 6.19. The van der Waals surface area contributed by atoms with E-state index < -0.39 is 0 Å². The summed E-state index contributed by atoms with van der Waals surface area (Å²) in [5.41, 5.74) is 7.28. The molecule has 0 aliphatic rings. The minimum absolute atomic E-state index is 0.494. The van der Waals surface area contributed by atoms with Gasteiger partial charge in [-0.1, -0.05) is 12.2 Å². The van der Waals surface area contributed by atoms with Crippen LogP contribution >= 0.6 is 11.6 Å². The highest BCUT2D eigenvalue weighted by Crippen LogP contribution is 2.22. The first-order valence-electron chi connectivity index (χ1n) is 3.94. The average molecular weight is 198 g/mol. The number of ether oxygens (including phenoxy) is 1. The number of nitrogen functional groups attached to an aromatic ring is 1. The first-order valence-corrected chi connectivity index (χ1v) is 4.47. The van der Waals surface area contributed by atoms with Gasteiger partial charge in [0.05, 0.1) is 7.11 Å². The van der Waals surface area contributed by atoms with Crippen LogP contribution in [0.2, 0.25) is 0 Å². The Morgan fingerprint density at radius 1 is 1.54 bits per heavy atom. The second kappa shape index (κ2) is 4.77. The molecule has 0 saturated carbocycles. The summed E-state index contributed by atoms with van der Waals surface area (Å²) in [6.45, 7) is 0. The molecule has 1 aromatic carbocycles. The molecule has 0 amide bonds. The lowest BCUT2D eigenvalue weighted by molar-refractivity contribution is 0.414. The van der Waals surface area contributed by atoms with Crippen LogP contribution in [0.1, 0.15) is 5.56 Å². The van der Waals surface area contributed by atoms with Crippen LogP contribution in [0.15, 0.2) is 24.3 Å². The normalized spacial score (nSPS) is 10.6. The van der Waals surface area contributed by atoms with Crippen molar-refractivity contribution in [3.63, 3.8) is 0 Å². The molecule has 0 fully saturated rings. The fraction of sp³-hybridized carbons (Fsp3) is 0.200. The molecule has 70 valence electrons. The maximum Gasteiger partial charge on any atom is 0.128 e. The zero-order chi connectivity index (χ0) is 9.68. The quantitative estimate of drug-likeness (QED) is 0.597. The Bertz CT molecular complexity index is 310. The van der Waals surface area contributed by atoms with Crippen LogP contribution in [0.3, 0.4) is 0 Å². The van der Waals surface area contributed by atoms with Crippen LogP contribution in [0.4, 0.5) is 5.69 Å². The molecule has 0 bridgehead atoms. The third-order valence-electron chi connectivity index (χ3n) is 1.64. The predicted octanol–water partition coefficient (Wildman–Crippen LogP) is 2.53. The van der Waals surface area contributed by atoms with Gasteiger partial charge in [0, 0.05) is 23.2 Å². The molecule has 13 heavy (non-hydrogen) atoms. The topological polar surface area (TPSA) is 35.2 Å². The van der Waals surface area contributed by atoms with Crippen LogP contribution in [0, 0.1) is 0 Å². The largest absolute Gasteiger partial charge is 0.496 e. The van der Waals surface area contributed by atoms with Crippen molar-refractivity contribution in [2.75, 3.05) is 18.7 Å². The number of allylic oxidation sites excluding steroid dienone is 1. The summed E-state index contributed by atoms with van der Waals surface area (Å²) in [4.78, 5) is 0. The molecular formula is C10H12ClNO. The average Bonchev–Trinajstić information content (AvgIpc) is 2.16. The maximum absolute atomic E-state index is 5.60. The molecule has 0 atom stereocenters. The Morgan fingerprint density at radius 3 is 2.92 bits per heavy atom. The number of anilines is 1. The standard InChI is InChI=1S/C10H12ClNO/c1-13-10-7-9(12)5-4-8(10)3-2-6-11/h2-5,7H,6,12H2,1H3. The molecule has 1 rings (SSSR count). The summed E-state index contributed by atoms with van der Waals surface area (Å²) in [5, 5.41) is 0. The molecule has 0 heterocycles. The maximum atomic E-state index is 5.60. The summed E-state index contributed by atoms with van der Waals surface area (Å²) < 4.78 is 5.15. The Labute approximate surface area is 83.0 Å². The molecule has 2 nitrogen and oxygen atoms in total. The van der Waals surface area contributed by atoms with Crippen molar-refractivity contribution in [1.82, 2.24) is 0 Å². The lowest BCUT2D eigenvalue weighted by Crippen LogP contribution is -1.90. The van der Waals surface area contributed by atoms with E-state index in [-0.39, 0.29) is 0 Å². The Balaban J connectivity index is 2.99. The van der Waals surface area contributed by atoms with Gasteiger partial charge >= 0.3 is 0 Å². The molecular weight excluding hydrogens is 186 g/mol. The van der Waals surface area contributed by atoms with Crippen molar-refractivity contribution in [3.8, 4) is 5.75 Å². The second-order valence-electron chi connectivity index (χ2n) is 2.56. The van der Waals surface area contributed by atoms with Crippen LogP contribution < -0.4 is 10.5 Å². The fourth-order valence-corrected chi connectivity index (χ4v) is 1.13. The summed E-state index contributed by atoms with van der Waals surface area (Å²) in [5.74, 6) is 1.26. The molecule has 3 heteroatoms. The van der Waals surface area contributed by atoms with E-state index >= 15 is 0 Å².